The van der Waals surface area contributed by atoms with Crippen LogP contribution >= 0.6 is 23.5 Å². The largest absolute Gasteiger partial charge is 0.324 e. The quantitative estimate of drug-likeness (QED) is 0.384. The van der Waals surface area contributed by atoms with Gasteiger partial charge in [0.2, 0.25) is 5.91 Å². The summed E-state index contributed by atoms with van der Waals surface area (Å²) < 4.78 is 1.95. The monoisotopic (exact) mass is 435 g/mol. The zero-order valence-electron chi connectivity index (χ0n) is 16.5. The molecule has 0 saturated heterocycles. The highest BCUT2D eigenvalue weighted by Crippen LogP contribution is 2.28. The number of nitrogens with one attached hydrogen (secondary N) is 1. The van der Waals surface area contributed by atoms with Crippen molar-refractivity contribution in [3.63, 3.8) is 0 Å². The van der Waals surface area contributed by atoms with Gasteiger partial charge in [-0.2, -0.15) is 5.26 Å². The molecule has 1 N–H and O–H groups in total. The fourth-order valence-corrected chi connectivity index (χ4v) is 4.23. The number of rotatable bonds is 9. The fourth-order valence-electron chi connectivity index (χ4n) is 2.81. The van der Waals surface area contributed by atoms with Crippen molar-refractivity contribution < 1.29 is 4.79 Å². The van der Waals surface area contributed by atoms with E-state index in [1.165, 1.54) is 23.5 Å². The van der Waals surface area contributed by atoms with Crippen molar-refractivity contribution in [1.82, 2.24) is 14.8 Å². The second-order valence-electron chi connectivity index (χ2n) is 6.35. The molecule has 0 saturated carbocycles. The van der Waals surface area contributed by atoms with Crippen molar-refractivity contribution >= 4 is 35.1 Å². The van der Waals surface area contributed by atoms with Crippen LogP contribution in [0.25, 0.3) is 11.4 Å². The van der Waals surface area contributed by atoms with Gasteiger partial charge >= 0.3 is 0 Å². The number of carbonyl (C=O) groups is 1. The number of nitriles is 1. The second-order valence-corrected chi connectivity index (χ2v) is 8.31. The third-order valence-electron chi connectivity index (χ3n) is 4.09. The average Bonchev–Trinajstić information content (AvgIpc) is 3.14. The summed E-state index contributed by atoms with van der Waals surface area (Å²) in [6, 6.07) is 17.6. The summed E-state index contributed by atoms with van der Waals surface area (Å²) in [6.07, 6.45) is 1.79. The molecule has 3 aromatic rings. The van der Waals surface area contributed by atoms with Gasteiger partial charge in [0, 0.05) is 17.0 Å². The highest BCUT2D eigenvalue weighted by atomic mass is 32.2. The highest BCUT2D eigenvalue weighted by Gasteiger charge is 2.15. The van der Waals surface area contributed by atoms with Crippen LogP contribution in [0, 0.1) is 18.3 Å². The van der Waals surface area contributed by atoms with E-state index in [-0.39, 0.29) is 11.7 Å². The van der Waals surface area contributed by atoms with E-state index in [1.54, 1.807) is 6.08 Å². The van der Waals surface area contributed by atoms with E-state index in [1.807, 2.05) is 54.0 Å². The molecule has 3 rings (SSSR count). The Bertz CT molecular complexity index is 1090. The SMILES string of the molecule is C=CCn1c(SCC(=O)Nc2ccccc2SCC#N)nnc1-c1cccc(C)c1. The molecule has 0 atom stereocenters. The van der Waals surface area contributed by atoms with E-state index in [0.29, 0.717) is 23.1 Å². The van der Waals surface area contributed by atoms with Gasteiger partial charge in [0.05, 0.1) is 23.3 Å². The van der Waals surface area contributed by atoms with E-state index >= 15 is 0 Å². The Balaban J connectivity index is 1.71. The molecule has 6 nitrogen and oxygen atoms in total. The lowest BCUT2D eigenvalue weighted by molar-refractivity contribution is -0.113. The number of hydrogen-bond donors (Lipinski definition) is 1. The van der Waals surface area contributed by atoms with Gasteiger partial charge in [0.25, 0.3) is 0 Å². The van der Waals surface area contributed by atoms with E-state index in [0.717, 1.165) is 21.8 Å². The summed E-state index contributed by atoms with van der Waals surface area (Å²) in [7, 11) is 0. The fraction of sp³-hybridized carbons (Fsp3) is 0.182. The standard InChI is InChI=1S/C22H21N5OS2/c1-3-12-27-21(17-8-6-7-16(2)14-17)25-26-22(27)30-15-20(28)24-18-9-4-5-10-19(18)29-13-11-23/h3-10,14H,1,12-13,15H2,2H3,(H,24,28). The Morgan fingerprint density at radius 3 is 2.83 bits per heavy atom. The first-order valence-corrected chi connectivity index (χ1v) is 11.2. The first-order valence-electron chi connectivity index (χ1n) is 9.25. The summed E-state index contributed by atoms with van der Waals surface area (Å²) in [5.41, 5.74) is 2.82. The second kappa shape index (κ2) is 10.7. The maximum Gasteiger partial charge on any atom is 0.234 e. The third kappa shape index (κ3) is 5.53. The molecule has 152 valence electrons. The van der Waals surface area contributed by atoms with E-state index in [2.05, 4.69) is 34.2 Å². The van der Waals surface area contributed by atoms with Crippen molar-refractivity contribution in [2.75, 3.05) is 16.8 Å². The molecule has 2 aromatic carbocycles. The predicted octanol–water partition coefficient (Wildman–Crippen LogP) is 4.79. The van der Waals surface area contributed by atoms with Gasteiger partial charge in [-0.05, 0) is 25.1 Å². The summed E-state index contributed by atoms with van der Waals surface area (Å²) in [6.45, 7) is 6.41. The smallest absolute Gasteiger partial charge is 0.234 e. The number of carbonyl (C=O) groups excluding carboxylic acids is 1. The lowest BCUT2D eigenvalue weighted by Crippen LogP contribution is -2.15. The van der Waals surface area contributed by atoms with Crippen LogP contribution in [0.1, 0.15) is 5.56 Å². The molecule has 0 aliphatic heterocycles. The first-order chi connectivity index (χ1) is 14.6. The number of allylic oxidation sites excluding steroid dienone is 1. The average molecular weight is 436 g/mol. The van der Waals surface area contributed by atoms with Gasteiger partial charge in [-0.25, -0.2) is 0 Å². The van der Waals surface area contributed by atoms with Crippen LogP contribution in [-0.2, 0) is 11.3 Å². The van der Waals surface area contributed by atoms with Crippen LogP contribution in [0.3, 0.4) is 0 Å². The third-order valence-corrected chi connectivity index (χ3v) is 6.00. The summed E-state index contributed by atoms with van der Waals surface area (Å²) in [5.74, 6) is 1.13. The van der Waals surface area contributed by atoms with Gasteiger partial charge in [-0.1, -0.05) is 53.7 Å². The number of para-hydroxylation sites is 1. The van der Waals surface area contributed by atoms with Crippen molar-refractivity contribution in [3.05, 3.63) is 66.7 Å². The minimum absolute atomic E-state index is 0.143. The zero-order chi connectivity index (χ0) is 21.3. The summed E-state index contributed by atoms with van der Waals surface area (Å²) in [5, 5.41) is 21.0. The van der Waals surface area contributed by atoms with Crippen LogP contribution in [0.15, 0.2) is 71.2 Å². The van der Waals surface area contributed by atoms with Crippen LogP contribution in [-0.4, -0.2) is 32.2 Å². The molecule has 0 aliphatic rings. The first kappa shape index (κ1) is 21.7. The molecule has 0 radical (unpaired) electrons. The number of nitrogens with zero attached hydrogens (tertiary/aromatic N) is 4. The minimum Gasteiger partial charge on any atom is -0.324 e. The van der Waals surface area contributed by atoms with Crippen LogP contribution in [0.2, 0.25) is 0 Å². The lowest BCUT2D eigenvalue weighted by atomic mass is 10.1. The topological polar surface area (TPSA) is 83.6 Å². The number of amides is 1. The number of benzene rings is 2. The molecule has 1 aromatic heterocycles. The molecule has 0 fully saturated rings. The minimum atomic E-state index is -0.143. The Labute approximate surface area is 184 Å². The highest BCUT2D eigenvalue weighted by molar-refractivity contribution is 8.00. The predicted molar refractivity (Wildman–Crippen MR) is 123 cm³/mol. The summed E-state index contributed by atoms with van der Waals surface area (Å²) >= 11 is 2.72. The van der Waals surface area contributed by atoms with E-state index < -0.39 is 0 Å². The van der Waals surface area contributed by atoms with E-state index in [9.17, 15) is 4.79 Å². The number of hydrogen-bond acceptors (Lipinski definition) is 6. The molecule has 0 unspecified atom stereocenters. The maximum absolute atomic E-state index is 12.5. The van der Waals surface area contributed by atoms with Gasteiger partial charge in [0.15, 0.2) is 11.0 Å². The van der Waals surface area contributed by atoms with Gasteiger partial charge in [-0.15, -0.1) is 28.5 Å². The number of thioether (sulfide) groups is 2. The van der Waals surface area contributed by atoms with Gasteiger partial charge in [0.1, 0.15) is 0 Å². The molecular formula is C22H21N5OS2. The molecule has 0 bridgehead atoms. The zero-order valence-corrected chi connectivity index (χ0v) is 18.2. The Kier molecular flexibility index (Phi) is 7.71. The Morgan fingerprint density at radius 1 is 1.23 bits per heavy atom. The lowest BCUT2D eigenvalue weighted by Gasteiger charge is -2.10. The number of anilines is 1. The molecule has 0 aliphatic carbocycles. The molecule has 1 heterocycles. The molecule has 1 amide bonds. The van der Waals surface area contributed by atoms with Crippen molar-refractivity contribution in [2.45, 2.75) is 23.5 Å². The number of aromatic nitrogens is 3. The molecule has 0 spiro atoms. The van der Waals surface area contributed by atoms with Gasteiger partial charge in [-0.3, -0.25) is 9.36 Å². The van der Waals surface area contributed by atoms with Crippen molar-refractivity contribution in [2.24, 2.45) is 0 Å². The summed E-state index contributed by atoms with van der Waals surface area (Å²) in [4.78, 5) is 13.4. The Morgan fingerprint density at radius 2 is 2.07 bits per heavy atom. The van der Waals surface area contributed by atoms with Crippen molar-refractivity contribution in [1.29, 1.82) is 5.26 Å². The molecular weight excluding hydrogens is 414 g/mol. The normalized spacial score (nSPS) is 10.4. The van der Waals surface area contributed by atoms with Crippen LogP contribution in [0.4, 0.5) is 5.69 Å². The van der Waals surface area contributed by atoms with E-state index in [4.69, 9.17) is 5.26 Å². The maximum atomic E-state index is 12.5. The van der Waals surface area contributed by atoms with Crippen LogP contribution < -0.4 is 5.32 Å². The molecule has 8 heteroatoms. The Hall–Kier alpha value is -3.02. The number of aryl methyl sites for hydroxylation is 1. The van der Waals surface area contributed by atoms with Crippen LogP contribution in [0.5, 0.6) is 0 Å². The van der Waals surface area contributed by atoms with Crippen molar-refractivity contribution in [3.8, 4) is 17.5 Å². The molecule has 30 heavy (non-hydrogen) atoms. The van der Waals surface area contributed by atoms with Gasteiger partial charge < -0.3 is 5.32 Å².